The fourth-order valence-electron chi connectivity index (χ4n) is 3.02. The number of rotatable bonds is 5. The molecule has 1 saturated carbocycles. The standard InChI is InChI=1S/C17H19N7O3S/c1-10-2-3-13(28(26,27)23-11-4-12(25)5-11)6-14(10)15-7-20-16(18)17(22-15)24-9-19-8-21-24/h2-3,6-9,11-12,23,25H,4-5H2,1H3,(H2,18,20)/t11-,12+. The third kappa shape index (κ3) is 3.46. The molecule has 0 radical (unpaired) electrons. The Morgan fingerprint density at radius 2 is 2.11 bits per heavy atom. The third-order valence-corrected chi connectivity index (χ3v) is 6.17. The van der Waals surface area contributed by atoms with Gasteiger partial charge in [0, 0.05) is 11.6 Å². The maximum absolute atomic E-state index is 12.7. The smallest absolute Gasteiger partial charge is 0.240 e. The van der Waals surface area contributed by atoms with Gasteiger partial charge in [-0.05, 0) is 37.5 Å². The van der Waals surface area contributed by atoms with Crippen molar-refractivity contribution in [3.05, 3.63) is 42.6 Å². The Kier molecular flexibility index (Phi) is 4.57. The summed E-state index contributed by atoms with van der Waals surface area (Å²) in [5.74, 6) is 0.491. The van der Waals surface area contributed by atoms with E-state index in [4.69, 9.17) is 5.73 Å². The molecule has 0 amide bonds. The lowest BCUT2D eigenvalue weighted by molar-refractivity contribution is 0.0712. The first-order valence-electron chi connectivity index (χ1n) is 8.62. The molecule has 10 nitrogen and oxygen atoms in total. The zero-order valence-corrected chi connectivity index (χ0v) is 15.8. The van der Waals surface area contributed by atoms with Gasteiger partial charge < -0.3 is 10.8 Å². The van der Waals surface area contributed by atoms with Gasteiger partial charge in [0.15, 0.2) is 11.6 Å². The second-order valence-corrected chi connectivity index (χ2v) is 8.44. The number of nitrogens with two attached hydrogens (primary N) is 1. The van der Waals surface area contributed by atoms with E-state index in [-0.39, 0.29) is 16.8 Å². The first kappa shape index (κ1) is 18.5. The van der Waals surface area contributed by atoms with Crippen molar-refractivity contribution in [1.29, 1.82) is 0 Å². The largest absolute Gasteiger partial charge is 0.393 e. The van der Waals surface area contributed by atoms with Crippen LogP contribution in [0.1, 0.15) is 18.4 Å². The summed E-state index contributed by atoms with van der Waals surface area (Å²) in [6.07, 6.45) is 4.70. The average Bonchev–Trinajstić information content (AvgIpc) is 3.15. The van der Waals surface area contributed by atoms with Gasteiger partial charge in [-0.2, -0.15) is 9.78 Å². The van der Waals surface area contributed by atoms with Crippen LogP contribution in [0.5, 0.6) is 0 Å². The molecule has 146 valence electrons. The lowest BCUT2D eigenvalue weighted by Crippen LogP contribution is -2.46. The highest BCUT2D eigenvalue weighted by Crippen LogP contribution is 2.28. The minimum Gasteiger partial charge on any atom is -0.393 e. The van der Waals surface area contributed by atoms with Gasteiger partial charge in [-0.1, -0.05) is 6.07 Å². The summed E-state index contributed by atoms with van der Waals surface area (Å²) in [5.41, 5.74) is 7.81. The monoisotopic (exact) mass is 401 g/mol. The summed E-state index contributed by atoms with van der Waals surface area (Å²) in [5, 5.41) is 13.4. The van der Waals surface area contributed by atoms with Crippen LogP contribution >= 0.6 is 0 Å². The lowest BCUT2D eigenvalue weighted by Gasteiger charge is -2.31. The Labute approximate surface area is 161 Å². The molecule has 1 aromatic carbocycles. The average molecular weight is 401 g/mol. The Bertz CT molecular complexity index is 1110. The molecule has 2 heterocycles. The van der Waals surface area contributed by atoms with Crippen molar-refractivity contribution >= 4 is 15.8 Å². The van der Waals surface area contributed by atoms with Crippen LogP contribution in [0.3, 0.4) is 0 Å². The van der Waals surface area contributed by atoms with Gasteiger partial charge in [-0.3, -0.25) is 0 Å². The summed E-state index contributed by atoms with van der Waals surface area (Å²) in [4.78, 5) is 12.6. The van der Waals surface area contributed by atoms with Crippen LogP contribution in [0.4, 0.5) is 5.82 Å². The molecule has 4 N–H and O–H groups in total. The number of anilines is 1. The van der Waals surface area contributed by atoms with Crippen LogP contribution in [0.2, 0.25) is 0 Å². The molecule has 11 heteroatoms. The zero-order valence-electron chi connectivity index (χ0n) is 15.0. The second kappa shape index (κ2) is 6.93. The van der Waals surface area contributed by atoms with E-state index >= 15 is 0 Å². The van der Waals surface area contributed by atoms with E-state index < -0.39 is 16.1 Å². The molecule has 0 aliphatic heterocycles. The van der Waals surface area contributed by atoms with Gasteiger partial charge >= 0.3 is 0 Å². The normalized spacial score (nSPS) is 19.4. The molecule has 1 aliphatic carbocycles. The summed E-state index contributed by atoms with van der Waals surface area (Å²) >= 11 is 0. The highest BCUT2D eigenvalue weighted by Gasteiger charge is 2.31. The molecule has 0 unspecified atom stereocenters. The van der Waals surface area contributed by atoms with Gasteiger partial charge in [-0.15, -0.1) is 0 Å². The molecule has 3 aromatic rings. The number of benzene rings is 1. The fraction of sp³-hybridized carbons (Fsp3) is 0.294. The number of nitrogens with zero attached hydrogens (tertiary/aromatic N) is 5. The number of sulfonamides is 1. The first-order chi connectivity index (χ1) is 13.3. The van der Waals surface area contributed by atoms with Crippen molar-refractivity contribution in [3.63, 3.8) is 0 Å². The Morgan fingerprint density at radius 1 is 1.32 bits per heavy atom. The van der Waals surface area contributed by atoms with Crippen LogP contribution in [-0.4, -0.2) is 50.4 Å². The SMILES string of the molecule is Cc1ccc(S(=O)(=O)N[C@H]2C[C@@H](O)C2)cc1-c1cnc(N)c(-n2cncn2)n1. The van der Waals surface area contributed by atoms with Crippen LogP contribution in [0, 0.1) is 6.92 Å². The van der Waals surface area contributed by atoms with E-state index in [2.05, 4.69) is 24.8 Å². The zero-order chi connectivity index (χ0) is 19.9. The minimum atomic E-state index is -3.71. The third-order valence-electron chi connectivity index (χ3n) is 4.65. The molecular weight excluding hydrogens is 382 g/mol. The van der Waals surface area contributed by atoms with Crippen molar-refractivity contribution in [2.75, 3.05) is 5.73 Å². The van der Waals surface area contributed by atoms with E-state index in [0.717, 1.165) is 5.56 Å². The number of hydrogen-bond acceptors (Lipinski definition) is 8. The van der Waals surface area contributed by atoms with Crippen molar-refractivity contribution in [2.45, 2.75) is 36.8 Å². The number of aryl methyl sites for hydroxylation is 1. The van der Waals surface area contributed by atoms with E-state index in [1.165, 1.54) is 23.5 Å². The summed E-state index contributed by atoms with van der Waals surface area (Å²) in [7, 11) is -3.71. The van der Waals surface area contributed by atoms with Gasteiger partial charge in [0.25, 0.3) is 0 Å². The van der Waals surface area contributed by atoms with E-state index in [1.807, 2.05) is 6.92 Å². The van der Waals surface area contributed by atoms with E-state index in [1.54, 1.807) is 18.2 Å². The number of aliphatic hydroxyl groups is 1. The van der Waals surface area contributed by atoms with Crippen molar-refractivity contribution in [2.24, 2.45) is 0 Å². The maximum Gasteiger partial charge on any atom is 0.240 e. The quantitative estimate of drug-likeness (QED) is 0.557. The Balaban J connectivity index is 1.71. The second-order valence-electron chi connectivity index (χ2n) is 6.72. The van der Waals surface area contributed by atoms with E-state index in [9.17, 15) is 13.5 Å². The molecule has 0 atom stereocenters. The van der Waals surface area contributed by atoms with Crippen LogP contribution in [0.25, 0.3) is 17.1 Å². The summed E-state index contributed by atoms with van der Waals surface area (Å²) < 4.78 is 29.4. The van der Waals surface area contributed by atoms with Gasteiger partial charge in [0.1, 0.15) is 12.7 Å². The van der Waals surface area contributed by atoms with E-state index in [0.29, 0.717) is 29.9 Å². The van der Waals surface area contributed by atoms with Crippen molar-refractivity contribution in [3.8, 4) is 17.1 Å². The molecule has 2 aromatic heterocycles. The Hall–Kier alpha value is -2.89. The molecule has 28 heavy (non-hydrogen) atoms. The summed E-state index contributed by atoms with van der Waals surface area (Å²) in [6.45, 7) is 1.86. The molecule has 1 fully saturated rings. The predicted molar refractivity (Wildman–Crippen MR) is 101 cm³/mol. The number of nitrogens with one attached hydrogen (secondary N) is 1. The van der Waals surface area contributed by atoms with Crippen LogP contribution in [0.15, 0.2) is 41.9 Å². The van der Waals surface area contributed by atoms with Crippen molar-refractivity contribution in [1.82, 2.24) is 29.5 Å². The number of aromatic nitrogens is 5. The summed E-state index contributed by atoms with van der Waals surface area (Å²) in [6, 6.07) is 4.56. The molecule has 0 spiro atoms. The maximum atomic E-state index is 12.7. The molecule has 0 bridgehead atoms. The van der Waals surface area contributed by atoms with Crippen molar-refractivity contribution < 1.29 is 13.5 Å². The number of hydrogen-bond donors (Lipinski definition) is 3. The van der Waals surface area contributed by atoms with Gasteiger partial charge in [-0.25, -0.2) is 28.1 Å². The Morgan fingerprint density at radius 3 is 2.79 bits per heavy atom. The molecule has 0 saturated heterocycles. The first-order valence-corrected chi connectivity index (χ1v) is 10.1. The van der Waals surface area contributed by atoms with Gasteiger partial charge in [0.05, 0.1) is 22.9 Å². The van der Waals surface area contributed by atoms with Crippen LogP contribution in [-0.2, 0) is 10.0 Å². The van der Waals surface area contributed by atoms with Gasteiger partial charge in [0.2, 0.25) is 10.0 Å². The minimum absolute atomic E-state index is 0.121. The number of aliphatic hydroxyl groups excluding tert-OH is 1. The topological polar surface area (TPSA) is 149 Å². The van der Waals surface area contributed by atoms with Crippen LogP contribution < -0.4 is 10.5 Å². The molecule has 1 aliphatic rings. The predicted octanol–water partition coefficient (Wildman–Crippen LogP) is 0.417. The highest BCUT2D eigenvalue weighted by molar-refractivity contribution is 7.89. The molecule has 4 rings (SSSR count). The number of nitrogen functional groups attached to an aromatic ring is 1. The highest BCUT2D eigenvalue weighted by atomic mass is 32.2. The molecular formula is C17H19N7O3S. The fourth-order valence-corrected chi connectivity index (χ4v) is 4.31. The lowest BCUT2D eigenvalue weighted by atomic mass is 9.91.